The van der Waals surface area contributed by atoms with Gasteiger partial charge in [0.1, 0.15) is 12.1 Å². The van der Waals surface area contributed by atoms with Crippen LogP contribution in [0.2, 0.25) is 0 Å². The summed E-state index contributed by atoms with van der Waals surface area (Å²) in [4.78, 5) is 10.5. The molecule has 0 amide bonds. The predicted molar refractivity (Wildman–Crippen MR) is 119 cm³/mol. The second-order valence-electron chi connectivity index (χ2n) is 6.27. The van der Waals surface area contributed by atoms with Crippen molar-refractivity contribution in [2.24, 2.45) is 0 Å². The summed E-state index contributed by atoms with van der Waals surface area (Å²) < 4.78 is 24.9. The van der Waals surface area contributed by atoms with E-state index in [9.17, 15) is 4.39 Å². The molecule has 162 valence electrons. The highest BCUT2D eigenvalue weighted by molar-refractivity contribution is 6.13. The van der Waals surface area contributed by atoms with Gasteiger partial charge in [-0.25, -0.2) is 14.4 Å². The molecule has 2 heterocycles. The van der Waals surface area contributed by atoms with Crippen LogP contribution in [-0.2, 0) is 4.74 Å². The van der Waals surface area contributed by atoms with Gasteiger partial charge >= 0.3 is 0 Å². The Balaban J connectivity index is 0.00000106. The number of nitrogens with one attached hydrogen (secondary N) is 1. The van der Waals surface area contributed by atoms with Crippen LogP contribution in [0, 0.1) is 24.1 Å². The van der Waals surface area contributed by atoms with Gasteiger partial charge in [-0.15, -0.1) is 12.8 Å². The average molecular weight is 416 g/mol. The third-order valence-corrected chi connectivity index (χ3v) is 3.98. The molecule has 0 saturated carbocycles. The highest BCUT2D eigenvalue weighted by atomic mass is 19.1. The number of hydrogen-bond donors (Lipinski definition) is 2. The van der Waals surface area contributed by atoms with Crippen LogP contribution in [0.3, 0.4) is 0 Å². The SMILES string of the molecule is C#C.CC.CC(C)Oc1cc(C(=N)c2cc(N3CCOCC3)ncn2)c(N)cc1F. The maximum atomic E-state index is 14.0. The second-order valence-corrected chi connectivity index (χ2v) is 6.27. The van der Waals surface area contributed by atoms with Crippen LogP contribution in [0.1, 0.15) is 39.0 Å². The number of morpholine rings is 1. The molecular formula is C22H30FN5O2. The molecule has 2 aromatic rings. The van der Waals surface area contributed by atoms with Crippen LogP contribution in [0.15, 0.2) is 24.5 Å². The number of ether oxygens (including phenoxy) is 2. The zero-order valence-electron chi connectivity index (χ0n) is 18.0. The number of hydrogen-bond acceptors (Lipinski definition) is 7. The van der Waals surface area contributed by atoms with Crippen LogP contribution in [0.5, 0.6) is 5.75 Å². The molecule has 0 spiro atoms. The van der Waals surface area contributed by atoms with Crippen LogP contribution >= 0.6 is 0 Å². The van der Waals surface area contributed by atoms with E-state index >= 15 is 0 Å². The maximum Gasteiger partial charge on any atom is 0.167 e. The fraction of sp³-hybridized carbons (Fsp3) is 0.409. The molecule has 0 radical (unpaired) electrons. The third-order valence-electron chi connectivity index (χ3n) is 3.98. The number of benzene rings is 1. The number of nitrogens with zero attached hydrogens (tertiary/aromatic N) is 3. The van der Waals surface area contributed by atoms with E-state index in [0.717, 1.165) is 18.9 Å². The number of nitrogen functional groups attached to an aromatic ring is 1. The van der Waals surface area contributed by atoms with E-state index < -0.39 is 5.82 Å². The highest BCUT2D eigenvalue weighted by Gasteiger charge is 2.18. The van der Waals surface area contributed by atoms with Gasteiger partial charge in [0.15, 0.2) is 11.6 Å². The largest absolute Gasteiger partial charge is 0.488 e. The van der Waals surface area contributed by atoms with E-state index in [1.165, 1.54) is 18.5 Å². The van der Waals surface area contributed by atoms with Crippen molar-refractivity contribution < 1.29 is 13.9 Å². The van der Waals surface area contributed by atoms with Crippen molar-refractivity contribution >= 4 is 17.2 Å². The molecule has 0 atom stereocenters. The van der Waals surface area contributed by atoms with Crippen molar-refractivity contribution in [3.05, 3.63) is 41.6 Å². The lowest BCUT2D eigenvalue weighted by atomic mass is 10.0. The standard InChI is InChI=1S/C18H22FN5O2.C2H6.C2H2/c1-11(2)26-16-7-12(14(20)8-13(16)19)18(21)15-9-17(23-10-22-15)24-3-5-25-6-4-24;2*1-2/h7-11,21H,3-6,20H2,1-2H3;1-2H3;1-2H. The third kappa shape index (κ3) is 6.42. The number of halogens is 1. The molecule has 0 unspecified atom stereocenters. The van der Waals surface area contributed by atoms with Gasteiger partial charge in [-0.2, -0.15) is 0 Å². The Morgan fingerprint density at radius 3 is 2.43 bits per heavy atom. The number of rotatable bonds is 5. The summed E-state index contributed by atoms with van der Waals surface area (Å²) in [6.07, 6.45) is 9.22. The first kappa shape index (κ1) is 24.9. The number of terminal acetylenes is 1. The van der Waals surface area contributed by atoms with Gasteiger partial charge in [0.05, 0.1) is 30.7 Å². The van der Waals surface area contributed by atoms with Crippen LogP contribution in [-0.4, -0.2) is 48.1 Å². The summed E-state index contributed by atoms with van der Waals surface area (Å²) in [5.41, 5.74) is 6.97. The lowest BCUT2D eigenvalue weighted by Gasteiger charge is -2.27. The van der Waals surface area contributed by atoms with E-state index in [2.05, 4.69) is 27.7 Å². The topological polar surface area (TPSA) is 97.3 Å². The minimum atomic E-state index is -0.551. The minimum Gasteiger partial charge on any atom is -0.488 e. The van der Waals surface area contributed by atoms with E-state index in [-0.39, 0.29) is 23.3 Å². The Morgan fingerprint density at radius 2 is 1.83 bits per heavy atom. The van der Waals surface area contributed by atoms with Crippen molar-refractivity contribution in [1.82, 2.24) is 9.97 Å². The molecule has 0 aliphatic carbocycles. The molecule has 1 aromatic carbocycles. The molecule has 3 N–H and O–H groups in total. The predicted octanol–water partition coefficient (Wildman–Crippen LogP) is 3.51. The zero-order chi connectivity index (χ0) is 22.7. The van der Waals surface area contributed by atoms with Crippen molar-refractivity contribution in [1.29, 1.82) is 5.41 Å². The molecule has 1 fully saturated rings. The summed E-state index contributed by atoms with van der Waals surface area (Å²) in [5.74, 6) is 0.239. The average Bonchev–Trinajstić information content (AvgIpc) is 2.78. The minimum absolute atomic E-state index is 0.0661. The van der Waals surface area contributed by atoms with Crippen molar-refractivity contribution in [3.8, 4) is 18.6 Å². The van der Waals surface area contributed by atoms with E-state index in [1.54, 1.807) is 19.9 Å². The normalized spacial score (nSPS) is 12.9. The molecule has 8 heteroatoms. The van der Waals surface area contributed by atoms with Gasteiger partial charge in [-0.3, -0.25) is 5.41 Å². The van der Waals surface area contributed by atoms with Gasteiger partial charge in [0.25, 0.3) is 0 Å². The van der Waals surface area contributed by atoms with Crippen LogP contribution < -0.4 is 15.4 Å². The van der Waals surface area contributed by atoms with E-state index in [0.29, 0.717) is 24.5 Å². The van der Waals surface area contributed by atoms with Crippen molar-refractivity contribution in [3.63, 3.8) is 0 Å². The Morgan fingerprint density at radius 1 is 1.20 bits per heavy atom. The molecule has 1 aliphatic heterocycles. The molecule has 1 aromatic heterocycles. The molecule has 0 bridgehead atoms. The Labute approximate surface area is 177 Å². The Kier molecular flexibility index (Phi) is 10.3. The van der Waals surface area contributed by atoms with Gasteiger partial charge in [0.2, 0.25) is 0 Å². The van der Waals surface area contributed by atoms with Crippen molar-refractivity contribution in [2.45, 2.75) is 33.8 Å². The molecule has 30 heavy (non-hydrogen) atoms. The molecule has 3 rings (SSSR count). The lowest BCUT2D eigenvalue weighted by Crippen LogP contribution is -2.36. The molecule has 7 nitrogen and oxygen atoms in total. The van der Waals surface area contributed by atoms with E-state index in [4.69, 9.17) is 20.6 Å². The Hall–Kier alpha value is -3.18. The van der Waals surface area contributed by atoms with Crippen LogP contribution in [0.25, 0.3) is 0 Å². The van der Waals surface area contributed by atoms with Gasteiger partial charge in [0, 0.05) is 36.5 Å². The zero-order valence-corrected chi connectivity index (χ0v) is 18.0. The summed E-state index contributed by atoms with van der Waals surface area (Å²) >= 11 is 0. The number of nitrogens with two attached hydrogens (primary N) is 1. The molecular weight excluding hydrogens is 385 g/mol. The van der Waals surface area contributed by atoms with Crippen LogP contribution in [0.4, 0.5) is 15.9 Å². The van der Waals surface area contributed by atoms with Gasteiger partial charge < -0.3 is 20.1 Å². The summed E-state index contributed by atoms with van der Waals surface area (Å²) in [6, 6.07) is 4.36. The monoisotopic (exact) mass is 415 g/mol. The second kappa shape index (κ2) is 12.4. The molecule has 1 aliphatic rings. The first-order chi connectivity index (χ1) is 14.5. The first-order valence-electron chi connectivity index (χ1n) is 9.78. The fourth-order valence-corrected chi connectivity index (χ4v) is 2.72. The van der Waals surface area contributed by atoms with Gasteiger partial charge in [-0.1, -0.05) is 13.8 Å². The Bertz CT molecular complexity index is 849. The lowest BCUT2D eigenvalue weighted by molar-refractivity contribution is 0.122. The quantitative estimate of drug-likeness (QED) is 0.441. The molecule has 1 saturated heterocycles. The smallest absolute Gasteiger partial charge is 0.167 e. The number of aromatic nitrogens is 2. The van der Waals surface area contributed by atoms with E-state index in [1.807, 2.05) is 13.8 Å². The number of anilines is 2. The summed E-state index contributed by atoms with van der Waals surface area (Å²) in [5, 5.41) is 8.48. The maximum absolute atomic E-state index is 14.0. The highest BCUT2D eigenvalue weighted by Crippen LogP contribution is 2.27. The first-order valence-corrected chi connectivity index (χ1v) is 9.78. The summed E-state index contributed by atoms with van der Waals surface area (Å²) in [6.45, 7) is 10.3. The summed E-state index contributed by atoms with van der Waals surface area (Å²) in [7, 11) is 0. The fourth-order valence-electron chi connectivity index (χ4n) is 2.72. The van der Waals surface area contributed by atoms with Crippen molar-refractivity contribution in [2.75, 3.05) is 36.9 Å². The van der Waals surface area contributed by atoms with Gasteiger partial charge in [-0.05, 0) is 19.9 Å².